The smallest absolute Gasteiger partial charge is 0.258 e. The van der Waals surface area contributed by atoms with Crippen molar-refractivity contribution in [1.82, 2.24) is 14.3 Å². The molecule has 0 saturated heterocycles. The Morgan fingerprint density at radius 1 is 1.24 bits per heavy atom. The first kappa shape index (κ1) is 17.2. The summed E-state index contributed by atoms with van der Waals surface area (Å²) in [6, 6.07) is 13.6. The summed E-state index contributed by atoms with van der Waals surface area (Å²) in [5, 5.41) is 0. The van der Waals surface area contributed by atoms with Crippen molar-refractivity contribution in [2.24, 2.45) is 0 Å². The van der Waals surface area contributed by atoms with E-state index in [2.05, 4.69) is 22.9 Å². The summed E-state index contributed by atoms with van der Waals surface area (Å²) in [6.45, 7) is 4.67. The molecule has 1 atom stereocenters. The monoisotopic (exact) mass is 337 g/mol. The first-order valence-electron chi connectivity index (χ1n) is 8.32. The van der Waals surface area contributed by atoms with Crippen LogP contribution in [0.4, 0.5) is 0 Å². The normalized spacial score (nSPS) is 12.5. The van der Waals surface area contributed by atoms with Crippen molar-refractivity contribution in [1.29, 1.82) is 0 Å². The second-order valence-corrected chi connectivity index (χ2v) is 6.30. The number of methoxy groups -OCH3 is 1. The van der Waals surface area contributed by atoms with Crippen LogP contribution < -0.4 is 10.3 Å². The van der Waals surface area contributed by atoms with Gasteiger partial charge in [0.05, 0.1) is 12.8 Å². The Morgan fingerprint density at radius 3 is 2.76 bits per heavy atom. The molecular weight excluding hydrogens is 314 g/mol. The Bertz CT molecular complexity index is 949. The number of pyridine rings is 1. The van der Waals surface area contributed by atoms with Gasteiger partial charge in [0.15, 0.2) is 0 Å². The molecule has 0 saturated carbocycles. The summed E-state index contributed by atoms with van der Waals surface area (Å²) in [4.78, 5) is 19.2. The summed E-state index contributed by atoms with van der Waals surface area (Å²) >= 11 is 0. The lowest BCUT2D eigenvalue weighted by Gasteiger charge is -2.26. The molecule has 0 radical (unpaired) electrons. The van der Waals surface area contributed by atoms with Crippen LogP contribution in [0.5, 0.6) is 5.75 Å². The molecule has 130 valence electrons. The fourth-order valence-corrected chi connectivity index (χ4v) is 3.03. The fraction of sp³-hybridized carbons (Fsp3) is 0.300. The molecule has 0 amide bonds. The van der Waals surface area contributed by atoms with Crippen LogP contribution in [0.25, 0.3) is 5.65 Å². The zero-order chi connectivity index (χ0) is 18.0. The third kappa shape index (κ3) is 3.42. The van der Waals surface area contributed by atoms with E-state index in [1.807, 2.05) is 44.3 Å². The van der Waals surface area contributed by atoms with Gasteiger partial charge in [-0.05, 0) is 38.6 Å². The number of hydrogen-bond donors (Lipinski definition) is 0. The van der Waals surface area contributed by atoms with E-state index in [1.54, 1.807) is 23.8 Å². The minimum atomic E-state index is -0.0537. The number of nitrogens with zero attached hydrogens (tertiary/aromatic N) is 3. The molecule has 0 aliphatic carbocycles. The molecule has 0 aliphatic heterocycles. The van der Waals surface area contributed by atoms with Gasteiger partial charge in [-0.1, -0.05) is 24.3 Å². The van der Waals surface area contributed by atoms with E-state index in [1.165, 1.54) is 0 Å². The van der Waals surface area contributed by atoms with Crippen molar-refractivity contribution in [2.45, 2.75) is 26.4 Å². The highest BCUT2D eigenvalue weighted by atomic mass is 16.5. The van der Waals surface area contributed by atoms with Crippen molar-refractivity contribution < 1.29 is 4.74 Å². The van der Waals surface area contributed by atoms with E-state index in [-0.39, 0.29) is 11.6 Å². The average molecular weight is 337 g/mol. The van der Waals surface area contributed by atoms with Crippen LogP contribution in [0.1, 0.15) is 29.8 Å². The first-order chi connectivity index (χ1) is 12.0. The zero-order valence-corrected chi connectivity index (χ0v) is 15.1. The third-order valence-electron chi connectivity index (χ3n) is 4.60. The number of ether oxygens (including phenoxy) is 1. The quantitative estimate of drug-likeness (QED) is 0.717. The molecule has 0 spiro atoms. The number of aromatic nitrogens is 2. The standard InChI is InChI=1S/C20H23N3O2/c1-14-8-7-11-23-19(24)12-16(21-20(14)23)13-22(3)15(2)17-9-5-6-10-18(17)25-4/h5-12,15H,13H2,1-4H3. The lowest BCUT2D eigenvalue weighted by atomic mass is 10.1. The highest BCUT2D eigenvalue weighted by Gasteiger charge is 2.17. The fourth-order valence-electron chi connectivity index (χ4n) is 3.03. The van der Waals surface area contributed by atoms with E-state index in [0.717, 1.165) is 22.6 Å². The highest BCUT2D eigenvalue weighted by Crippen LogP contribution is 2.28. The number of hydrogen-bond acceptors (Lipinski definition) is 4. The highest BCUT2D eigenvalue weighted by molar-refractivity contribution is 5.46. The number of benzene rings is 1. The number of aryl methyl sites for hydroxylation is 1. The molecule has 3 rings (SSSR count). The molecule has 2 heterocycles. The minimum Gasteiger partial charge on any atom is -0.496 e. The molecule has 0 aliphatic rings. The Morgan fingerprint density at radius 2 is 2.00 bits per heavy atom. The predicted molar refractivity (Wildman–Crippen MR) is 99.1 cm³/mol. The maximum atomic E-state index is 12.4. The molecule has 5 heteroatoms. The van der Waals surface area contributed by atoms with Crippen LogP contribution in [-0.2, 0) is 6.54 Å². The number of fused-ring (bicyclic) bond motifs is 1. The van der Waals surface area contributed by atoms with Gasteiger partial charge in [-0.15, -0.1) is 0 Å². The summed E-state index contributed by atoms with van der Waals surface area (Å²) in [5.74, 6) is 0.865. The molecule has 1 aromatic carbocycles. The number of para-hydroxylation sites is 1. The summed E-state index contributed by atoms with van der Waals surface area (Å²) in [7, 11) is 3.71. The maximum absolute atomic E-state index is 12.4. The third-order valence-corrected chi connectivity index (χ3v) is 4.60. The van der Waals surface area contributed by atoms with E-state index < -0.39 is 0 Å². The Labute approximate surface area is 147 Å². The van der Waals surface area contributed by atoms with Crippen LogP contribution in [0, 0.1) is 6.92 Å². The maximum Gasteiger partial charge on any atom is 0.258 e. The number of rotatable bonds is 5. The van der Waals surface area contributed by atoms with Gasteiger partial charge in [0.2, 0.25) is 0 Å². The van der Waals surface area contributed by atoms with Gasteiger partial charge in [0.25, 0.3) is 5.56 Å². The summed E-state index contributed by atoms with van der Waals surface area (Å²) < 4.78 is 7.05. The van der Waals surface area contributed by atoms with Gasteiger partial charge >= 0.3 is 0 Å². The topological polar surface area (TPSA) is 46.8 Å². The van der Waals surface area contributed by atoms with Crippen molar-refractivity contribution in [3.05, 3.63) is 75.8 Å². The Kier molecular flexibility index (Phi) is 4.86. The Balaban J connectivity index is 1.90. The van der Waals surface area contributed by atoms with Crippen LogP contribution in [0.3, 0.4) is 0 Å². The molecule has 0 bridgehead atoms. The van der Waals surface area contributed by atoms with E-state index >= 15 is 0 Å². The zero-order valence-electron chi connectivity index (χ0n) is 15.1. The van der Waals surface area contributed by atoms with Gasteiger partial charge in [-0.25, -0.2) is 4.98 Å². The van der Waals surface area contributed by atoms with Crippen molar-refractivity contribution in [2.75, 3.05) is 14.2 Å². The molecule has 3 aromatic rings. The molecular formula is C20H23N3O2. The first-order valence-corrected chi connectivity index (χ1v) is 8.32. The molecule has 0 fully saturated rings. The second kappa shape index (κ2) is 7.07. The van der Waals surface area contributed by atoms with Crippen molar-refractivity contribution >= 4 is 5.65 Å². The predicted octanol–water partition coefficient (Wildman–Crippen LogP) is 3.20. The van der Waals surface area contributed by atoms with Gasteiger partial charge in [-0.2, -0.15) is 0 Å². The lowest BCUT2D eigenvalue weighted by molar-refractivity contribution is 0.244. The van der Waals surface area contributed by atoms with E-state index in [9.17, 15) is 4.79 Å². The van der Waals surface area contributed by atoms with Crippen LogP contribution in [-0.4, -0.2) is 28.4 Å². The second-order valence-electron chi connectivity index (χ2n) is 6.30. The minimum absolute atomic E-state index is 0.0537. The molecule has 25 heavy (non-hydrogen) atoms. The molecule has 1 unspecified atom stereocenters. The summed E-state index contributed by atoms with van der Waals surface area (Å²) in [5.41, 5.74) is 3.53. The van der Waals surface area contributed by atoms with Crippen LogP contribution in [0.15, 0.2) is 53.5 Å². The molecule has 5 nitrogen and oxygen atoms in total. The van der Waals surface area contributed by atoms with Gasteiger partial charge < -0.3 is 4.74 Å². The van der Waals surface area contributed by atoms with Crippen molar-refractivity contribution in [3.63, 3.8) is 0 Å². The largest absolute Gasteiger partial charge is 0.496 e. The lowest BCUT2D eigenvalue weighted by Crippen LogP contribution is -2.25. The average Bonchev–Trinajstić information content (AvgIpc) is 2.62. The van der Waals surface area contributed by atoms with E-state index in [4.69, 9.17) is 4.74 Å². The molecule has 2 aromatic heterocycles. The van der Waals surface area contributed by atoms with Gasteiger partial charge in [0, 0.05) is 30.4 Å². The van der Waals surface area contributed by atoms with Crippen LogP contribution in [0.2, 0.25) is 0 Å². The SMILES string of the molecule is COc1ccccc1C(C)N(C)Cc1cc(=O)n2cccc(C)c2n1. The van der Waals surface area contributed by atoms with Crippen LogP contribution >= 0.6 is 0 Å². The van der Waals surface area contributed by atoms with Crippen molar-refractivity contribution in [3.8, 4) is 5.75 Å². The summed E-state index contributed by atoms with van der Waals surface area (Å²) in [6.07, 6.45) is 1.75. The Hall–Kier alpha value is -2.66. The molecule has 0 N–H and O–H groups in total. The van der Waals surface area contributed by atoms with E-state index in [0.29, 0.717) is 12.2 Å². The van der Waals surface area contributed by atoms with Gasteiger partial charge in [-0.3, -0.25) is 14.1 Å². The van der Waals surface area contributed by atoms with Gasteiger partial charge in [0.1, 0.15) is 11.4 Å².